The van der Waals surface area contributed by atoms with Gasteiger partial charge in [-0.15, -0.1) is 0 Å². The molecule has 220 valence electrons. The summed E-state index contributed by atoms with van der Waals surface area (Å²) in [4.78, 5) is 29.5. The van der Waals surface area contributed by atoms with Crippen LogP contribution in [-0.4, -0.2) is 94.6 Å². The molecule has 0 saturated carbocycles. The number of carbonyl (C=O) groups excluding carboxylic acids is 2. The van der Waals surface area contributed by atoms with Gasteiger partial charge in [0.15, 0.2) is 0 Å². The number of rotatable bonds is 10. The Labute approximate surface area is 233 Å². The van der Waals surface area contributed by atoms with Crippen molar-refractivity contribution in [3.8, 4) is 6.07 Å². The van der Waals surface area contributed by atoms with E-state index in [0.29, 0.717) is 18.5 Å². The van der Waals surface area contributed by atoms with Gasteiger partial charge in [-0.05, 0) is 64.7 Å². The molecular formula is C27H38BF3N4O5. The van der Waals surface area contributed by atoms with Crippen molar-refractivity contribution < 1.29 is 37.5 Å². The van der Waals surface area contributed by atoms with Gasteiger partial charge in [0.25, 0.3) is 0 Å². The molecule has 2 saturated heterocycles. The van der Waals surface area contributed by atoms with Crippen LogP contribution in [0.3, 0.4) is 0 Å². The maximum Gasteiger partial charge on any atom is 0.475 e. The predicted octanol–water partition coefficient (Wildman–Crippen LogP) is 2.55. The number of nitrogens with one attached hydrogen (secondary N) is 1. The van der Waals surface area contributed by atoms with E-state index < -0.39 is 66.3 Å². The fourth-order valence-electron chi connectivity index (χ4n) is 5.76. The van der Waals surface area contributed by atoms with Gasteiger partial charge >= 0.3 is 13.2 Å². The molecule has 3 rings (SSSR count). The van der Waals surface area contributed by atoms with Crippen LogP contribution >= 0.6 is 0 Å². The first-order chi connectivity index (χ1) is 18.6. The van der Waals surface area contributed by atoms with Gasteiger partial charge in [0.05, 0.1) is 24.1 Å². The molecule has 3 N–H and O–H groups in total. The highest BCUT2D eigenvalue weighted by Gasteiger charge is 2.52. The van der Waals surface area contributed by atoms with Crippen LogP contribution in [0.1, 0.15) is 52.5 Å². The van der Waals surface area contributed by atoms with Crippen LogP contribution in [0.15, 0.2) is 24.3 Å². The van der Waals surface area contributed by atoms with Gasteiger partial charge < -0.3 is 25.0 Å². The number of hydrogen-bond acceptors (Lipinski definition) is 7. The molecule has 2 heterocycles. The van der Waals surface area contributed by atoms with Crippen molar-refractivity contribution in [3.63, 3.8) is 0 Å². The van der Waals surface area contributed by atoms with Crippen LogP contribution in [-0.2, 0) is 16.0 Å². The van der Waals surface area contributed by atoms with Crippen molar-refractivity contribution in [1.82, 2.24) is 15.1 Å². The van der Waals surface area contributed by atoms with E-state index in [-0.39, 0.29) is 32.4 Å². The second-order valence-electron chi connectivity index (χ2n) is 12.1. The summed E-state index contributed by atoms with van der Waals surface area (Å²) >= 11 is 0. The second kappa shape index (κ2) is 12.4. The number of ether oxygens (including phenoxy) is 1. The van der Waals surface area contributed by atoms with E-state index in [9.17, 15) is 38.1 Å². The normalized spacial score (nSPS) is 25.6. The molecule has 0 aliphatic carbocycles. The van der Waals surface area contributed by atoms with E-state index in [1.807, 2.05) is 18.7 Å². The number of carbonyl (C=O) groups is 2. The molecule has 0 aromatic heterocycles. The molecule has 1 aromatic carbocycles. The van der Waals surface area contributed by atoms with E-state index in [1.165, 1.54) is 36.1 Å². The largest absolute Gasteiger partial charge is 0.475 e. The third-order valence-electron chi connectivity index (χ3n) is 7.98. The summed E-state index contributed by atoms with van der Waals surface area (Å²) in [6.07, 6.45) is -3.09. The maximum absolute atomic E-state index is 14.7. The van der Waals surface area contributed by atoms with Crippen molar-refractivity contribution in [2.24, 2.45) is 5.41 Å². The lowest BCUT2D eigenvalue weighted by Crippen LogP contribution is -2.56. The topological polar surface area (TPSA) is 126 Å². The molecule has 1 unspecified atom stereocenters. The summed E-state index contributed by atoms with van der Waals surface area (Å²) < 4.78 is 47.0. The number of benzene rings is 1. The summed E-state index contributed by atoms with van der Waals surface area (Å²) in [6.45, 7) is 6.78. The highest BCUT2D eigenvalue weighted by Crippen LogP contribution is 2.40. The third-order valence-corrected chi connectivity index (χ3v) is 7.98. The van der Waals surface area contributed by atoms with Crippen LogP contribution in [0.2, 0.25) is 0 Å². The molecule has 40 heavy (non-hydrogen) atoms. The fourth-order valence-corrected chi connectivity index (χ4v) is 5.76. The Kier molecular flexibility index (Phi) is 9.80. The lowest BCUT2D eigenvalue weighted by Gasteiger charge is -2.43. The summed E-state index contributed by atoms with van der Waals surface area (Å²) in [5.74, 6) is -2.25. The Morgan fingerprint density at radius 2 is 1.88 bits per heavy atom. The van der Waals surface area contributed by atoms with Gasteiger partial charge in [0.2, 0.25) is 5.91 Å². The molecule has 1 aromatic rings. The lowest BCUT2D eigenvalue weighted by molar-refractivity contribution is -0.145. The zero-order valence-electron chi connectivity index (χ0n) is 23.4. The van der Waals surface area contributed by atoms with Gasteiger partial charge in [0.1, 0.15) is 30.2 Å². The molecule has 2 amide bonds. The number of nitriles is 1. The van der Waals surface area contributed by atoms with E-state index in [1.54, 1.807) is 6.92 Å². The minimum absolute atomic E-state index is 0.0298. The molecule has 5 atom stereocenters. The molecule has 2 fully saturated rings. The number of amides is 2. The molecule has 0 bridgehead atoms. The zero-order chi connectivity index (χ0) is 29.9. The molecule has 0 spiro atoms. The number of halogens is 3. The van der Waals surface area contributed by atoms with Gasteiger partial charge in [0, 0.05) is 25.0 Å². The van der Waals surface area contributed by atoms with Gasteiger partial charge in [-0.25, -0.2) is 18.0 Å². The standard InChI is InChI=1S/C27H38BF3N4O5/c1-25(2,34-10-9-20(30)13-34)15-26(3,16-32)23(36)35-14-21(31)12-27(35,4)17-40-24(37)33-22(28(38)39)11-18-5-7-19(29)8-6-18/h5-8,20-22,38-39H,9-15,17H2,1-4H3,(H,33,37)/t20-,21+,22+,26?,27-/m1/s1. The Morgan fingerprint density at radius 3 is 2.42 bits per heavy atom. The van der Waals surface area contributed by atoms with Crippen LogP contribution in [0.5, 0.6) is 0 Å². The number of hydrogen-bond donors (Lipinski definition) is 3. The minimum Gasteiger partial charge on any atom is -0.447 e. The van der Waals surface area contributed by atoms with E-state index in [4.69, 9.17) is 4.74 Å². The Balaban J connectivity index is 1.68. The van der Waals surface area contributed by atoms with Crippen molar-refractivity contribution >= 4 is 19.1 Å². The van der Waals surface area contributed by atoms with Crippen molar-refractivity contribution in [3.05, 3.63) is 35.6 Å². The van der Waals surface area contributed by atoms with Gasteiger partial charge in [-0.3, -0.25) is 9.69 Å². The monoisotopic (exact) mass is 566 g/mol. The van der Waals surface area contributed by atoms with Crippen molar-refractivity contribution in [2.45, 2.75) is 82.7 Å². The van der Waals surface area contributed by atoms with Gasteiger partial charge in [-0.1, -0.05) is 12.1 Å². The summed E-state index contributed by atoms with van der Waals surface area (Å²) in [6, 6.07) is 7.38. The van der Waals surface area contributed by atoms with Crippen molar-refractivity contribution in [2.75, 3.05) is 26.2 Å². The highest BCUT2D eigenvalue weighted by molar-refractivity contribution is 6.43. The average Bonchev–Trinajstić information content (AvgIpc) is 3.45. The van der Waals surface area contributed by atoms with E-state index >= 15 is 0 Å². The summed E-state index contributed by atoms with van der Waals surface area (Å²) in [5, 5.41) is 31.8. The molecular weight excluding hydrogens is 528 g/mol. The fraction of sp³-hybridized carbons (Fsp3) is 0.667. The predicted molar refractivity (Wildman–Crippen MR) is 142 cm³/mol. The molecule has 2 aliphatic rings. The minimum atomic E-state index is -1.95. The maximum atomic E-state index is 14.7. The number of nitrogens with zero attached hydrogens (tertiary/aromatic N) is 3. The number of alkyl carbamates (subject to hydrolysis) is 1. The van der Waals surface area contributed by atoms with Gasteiger partial charge in [-0.2, -0.15) is 5.26 Å². The average molecular weight is 566 g/mol. The molecule has 2 aliphatic heterocycles. The Morgan fingerprint density at radius 1 is 1.23 bits per heavy atom. The van der Waals surface area contributed by atoms with Crippen LogP contribution in [0, 0.1) is 22.6 Å². The van der Waals surface area contributed by atoms with Crippen LogP contribution in [0.25, 0.3) is 0 Å². The Hall–Kier alpha value is -2.82. The number of alkyl halides is 2. The quantitative estimate of drug-likeness (QED) is 0.372. The SMILES string of the molecule is CC(C#N)(CC(C)(C)N1CC[C@@H](F)C1)C(=O)N1C[C@@H](F)C[C@]1(C)COC(=O)N[C@@H](Cc1ccc(F)cc1)B(O)O. The Bertz CT molecular complexity index is 1100. The second-order valence-corrected chi connectivity index (χ2v) is 12.1. The smallest absolute Gasteiger partial charge is 0.447 e. The number of likely N-dealkylation sites (tertiary alicyclic amines) is 2. The van der Waals surface area contributed by atoms with E-state index in [2.05, 4.69) is 11.4 Å². The highest BCUT2D eigenvalue weighted by atomic mass is 19.1. The molecule has 9 nitrogen and oxygen atoms in total. The van der Waals surface area contributed by atoms with E-state index in [0.717, 1.165) is 0 Å². The summed E-state index contributed by atoms with van der Waals surface area (Å²) in [5.41, 5.74) is -2.95. The zero-order valence-corrected chi connectivity index (χ0v) is 23.4. The lowest BCUT2D eigenvalue weighted by atomic mass is 9.76. The van der Waals surface area contributed by atoms with Crippen LogP contribution < -0.4 is 5.32 Å². The molecule has 0 radical (unpaired) electrons. The first-order valence-corrected chi connectivity index (χ1v) is 13.4. The first kappa shape index (κ1) is 31.7. The van der Waals surface area contributed by atoms with Crippen LogP contribution in [0.4, 0.5) is 18.0 Å². The first-order valence-electron chi connectivity index (χ1n) is 13.4. The molecule has 13 heteroatoms. The third kappa shape index (κ3) is 7.47. The summed E-state index contributed by atoms with van der Waals surface area (Å²) in [7, 11) is -1.95. The van der Waals surface area contributed by atoms with Crippen molar-refractivity contribution in [1.29, 1.82) is 5.26 Å².